The van der Waals surface area contributed by atoms with Crippen LogP contribution in [0.1, 0.15) is 35.6 Å². The second-order valence-electron chi connectivity index (χ2n) is 8.52. The molecule has 1 amide bonds. The maximum atomic E-state index is 13.3. The van der Waals surface area contributed by atoms with Crippen molar-refractivity contribution in [2.75, 3.05) is 19.7 Å². The zero-order valence-corrected chi connectivity index (χ0v) is 18.9. The maximum absolute atomic E-state index is 13.3. The van der Waals surface area contributed by atoms with Crippen LogP contribution < -0.4 is 10.1 Å². The summed E-state index contributed by atoms with van der Waals surface area (Å²) in [7, 11) is 0. The van der Waals surface area contributed by atoms with Gasteiger partial charge in [0.1, 0.15) is 12.4 Å². The van der Waals surface area contributed by atoms with E-state index in [-0.39, 0.29) is 18.6 Å². The molecule has 0 saturated carbocycles. The number of hydrogen-bond acceptors (Lipinski definition) is 4. The van der Waals surface area contributed by atoms with Crippen molar-refractivity contribution in [3.05, 3.63) is 102 Å². The van der Waals surface area contributed by atoms with Gasteiger partial charge < -0.3 is 14.7 Å². The topological polar surface area (TPSA) is 61.8 Å². The molecule has 0 aliphatic carbocycles. The molecule has 2 N–H and O–H groups in total. The van der Waals surface area contributed by atoms with Crippen molar-refractivity contribution < 1.29 is 14.6 Å². The van der Waals surface area contributed by atoms with Gasteiger partial charge in [-0.3, -0.25) is 10.1 Å². The van der Waals surface area contributed by atoms with Gasteiger partial charge in [-0.1, -0.05) is 72.8 Å². The fourth-order valence-corrected chi connectivity index (χ4v) is 4.26. The summed E-state index contributed by atoms with van der Waals surface area (Å²) in [5.41, 5.74) is 3.15. The van der Waals surface area contributed by atoms with E-state index in [1.165, 1.54) is 0 Å². The SMILES string of the molecule is O=C([C@H](Cc1ccc(OCc2ccccc2)cc1)NC(CO)c1ccccc1)N1CCCC1. The third-order valence-corrected chi connectivity index (χ3v) is 6.11. The van der Waals surface area contributed by atoms with Gasteiger partial charge in [0.2, 0.25) is 5.91 Å². The molecule has 5 nitrogen and oxygen atoms in total. The summed E-state index contributed by atoms with van der Waals surface area (Å²) in [6, 6.07) is 27.1. The summed E-state index contributed by atoms with van der Waals surface area (Å²) in [5, 5.41) is 13.5. The zero-order valence-electron chi connectivity index (χ0n) is 18.9. The van der Waals surface area contributed by atoms with Crippen molar-refractivity contribution in [1.29, 1.82) is 0 Å². The number of benzene rings is 3. The minimum absolute atomic E-state index is 0.0694. The van der Waals surface area contributed by atoms with Gasteiger partial charge in [-0.15, -0.1) is 0 Å². The van der Waals surface area contributed by atoms with Gasteiger partial charge in [-0.2, -0.15) is 0 Å². The van der Waals surface area contributed by atoms with E-state index in [0.717, 1.165) is 48.4 Å². The van der Waals surface area contributed by atoms with E-state index in [4.69, 9.17) is 4.74 Å². The lowest BCUT2D eigenvalue weighted by atomic mass is 10.0. The third-order valence-electron chi connectivity index (χ3n) is 6.11. The summed E-state index contributed by atoms with van der Waals surface area (Å²) in [6.07, 6.45) is 2.65. The molecule has 172 valence electrons. The summed E-state index contributed by atoms with van der Waals surface area (Å²) >= 11 is 0. The Balaban J connectivity index is 1.44. The van der Waals surface area contributed by atoms with Crippen molar-refractivity contribution in [2.24, 2.45) is 0 Å². The van der Waals surface area contributed by atoms with Crippen LogP contribution in [-0.2, 0) is 17.8 Å². The summed E-state index contributed by atoms with van der Waals surface area (Å²) in [4.78, 5) is 15.3. The maximum Gasteiger partial charge on any atom is 0.240 e. The molecule has 2 atom stereocenters. The quantitative estimate of drug-likeness (QED) is 0.494. The zero-order chi connectivity index (χ0) is 22.9. The Kier molecular flexibility index (Phi) is 8.12. The van der Waals surface area contributed by atoms with Crippen LogP contribution in [0.3, 0.4) is 0 Å². The van der Waals surface area contributed by atoms with E-state index < -0.39 is 6.04 Å². The number of carbonyl (C=O) groups is 1. The Hall–Kier alpha value is -3.15. The Labute approximate surface area is 196 Å². The number of amides is 1. The first-order valence-corrected chi connectivity index (χ1v) is 11.7. The third kappa shape index (κ3) is 6.44. The van der Waals surface area contributed by atoms with E-state index in [1.54, 1.807) is 0 Å². The van der Waals surface area contributed by atoms with E-state index >= 15 is 0 Å². The van der Waals surface area contributed by atoms with Crippen molar-refractivity contribution in [3.8, 4) is 5.75 Å². The van der Waals surface area contributed by atoms with Crippen LogP contribution in [0, 0.1) is 0 Å². The van der Waals surface area contributed by atoms with Crippen LogP contribution in [0.15, 0.2) is 84.9 Å². The number of rotatable bonds is 10. The molecule has 0 bridgehead atoms. The number of carbonyl (C=O) groups excluding carboxylic acids is 1. The van der Waals surface area contributed by atoms with Crippen molar-refractivity contribution >= 4 is 5.91 Å². The molecule has 3 aromatic rings. The number of nitrogens with zero attached hydrogens (tertiary/aromatic N) is 1. The number of nitrogens with one attached hydrogen (secondary N) is 1. The molecule has 0 spiro atoms. The summed E-state index contributed by atoms with van der Waals surface area (Å²) in [6.45, 7) is 2.06. The normalized spacial score (nSPS) is 15.2. The van der Waals surface area contributed by atoms with Crippen LogP contribution in [0.2, 0.25) is 0 Å². The molecule has 1 aliphatic heterocycles. The first-order valence-electron chi connectivity index (χ1n) is 11.7. The Morgan fingerprint density at radius 3 is 2.15 bits per heavy atom. The average Bonchev–Trinajstić information content (AvgIpc) is 3.42. The lowest BCUT2D eigenvalue weighted by Crippen LogP contribution is -2.48. The highest BCUT2D eigenvalue weighted by Crippen LogP contribution is 2.20. The van der Waals surface area contributed by atoms with Gasteiger partial charge in [0.05, 0.1) is 18.7 Å². The van der Waals surface area contributed by atoms with Gasteiger partial charge in [0.15, 0.2) is 0 Å². The van der Waals surface area contributed by atoms with Gasteiger partial charge in [-0.05, 0) is 48.1 Å². The molecule has 1 fully saturated rings. The van der Waals surface area contributed by atoms with Crippen LogP contribution in [0.25, 0.3) is 0 Å². The fraction of sp³-hybridized carbons (Fsp3) is 0.321. The highest BCUT2D eigenvalue weighted by molar-refractivity contribution is 5.82. The largest absolute Gasteiger partial charge is 0.489 e. The number of aliphatic hydroxyl groups excluding tert-OH is 1. The van der Waals surface area contributed by atoms with Crippen LogP contribution >= 0.6 is 0 Å². The van der Waals surface area contributed by atoms with Crippen LogP contribution in [-0.4, -0.2) is 41.7 Å². The van der Waals surface area contributed by atoms with Gasteiger partial charge in [0.25, 0.3) is 0 Å². The minimum atomic E-state index is -0.406. The van der Waals surface area contributed by atoms with Crippen molar-refractivity contribution in [3.63, 3.8) is 0 Å². The summed E-state index contributed by atoms with van der Waals surface area (Å²) < 4.78 is 5.90. The molecular weight excluding hydrogens is 412 g/mol. The highest BCUT2D eigenvalue weighted by atomic mass is 16.5. The number of hydrogen-bond donors (Lipinski definition) is 2. The fourth-order valence-electron chi connectivity index (χ4n) is 4.26. The van der Waals surface area contributed by atoms with Gasteiger partial charge in [0, 0.05) is 13.1 Å². The van der Waals surface area contributed by atoms with E-state index in [2.05, 4.69) is 5.32 Å². The second kappa shape index (κ2) is 11.6. The molecule has 4 rings (SSSR count). The van der Waals surface area contributed by atoms with E-state index in [0.29, 0.717) is 13.0 Å². The van der Waals surface area contributed by atoms with Crippen LogP contribution in [0.5, 0.6) is 5.75 Å². The van der Waals surface area contributed by atoms with Crippen molar-refractivity contribution in [2.45, 2.75) is 38.0 Å². The molecule has 3 aromatic carbocycles. The Morgan fingerprint density at radius 1 is 0.879 bits per heavy atom. The first-order chi connectivity index (χ1) is 16.2. The standard InChI is InChI=1S/C28H32N2O3/c31-20-27(24-11-5-2-6-12-24)29-26(28(32)30-17-7-8-18-30)19-22-13-15-25(16-14-22)33-21-23-9-3-1-4-10-23/h1-6,9-16,26-27,29,31H,7-8,17-21H2/t26-,27?/m0/s1. The molecule has 5 heteroatoms. The predicted molar refractivity (Wildman–Crippen MR) is 130 cm³/mol. The minimum Gasteiger partial charge on any atom is -0.489 e. The number of likely N-dealkylation sites (tertiary alicyclic amines) is 1. The van der Waals surface area contributed by atoms with E-state index in [9.17, 15) is 9.90 Å². The Morgan fingerprint density at radius 2 is 1.52 bits per heavy atom. The average molecular weight is 445 g/mol. The van der Waals surface area contributed by atoms with Gasteiger partial charge in [-0.25, -0.2) is 0 Å². The lowest BCUT2D eigenvalue weighted by Gasteiger charge is -2.28. The van der Waals surface area contributed by atoms with Gasteiger partial charge >= 0.3 is 0 Å². The number of aliphatic hydroxyl groups is 1. The smallest absolute Gasteiger partial charge is 0.240 e. The Bertz CT molecular complexity index is 987. The molecule has 33 heavy (non-hydrogen) atoms. The molecule has 0 aromatic heterocycles. The summed E-state index contributed by atoms with van der Waals surface area (Å²) in [5.74, 6) is 0.904. The second-order valence-corrected chi connectivity index (χ2v) is 8.52. The lowest BCUT2D eigenvalue weighted by molar-refractivity contribution is -0.132. The predicted octanol–water partition coefficient (Wildman–Crippen LogP) is 4.12. The highest BCUT2D eigenvalue weighted by Gasteiger charge is 2.28. The molecule has 1 saturated heterocycles. The number of ether oxygens (including phenoxy) is 1. The molecule has 1 unspecified atom stereocenters. The molecular formula is C28H32N2O3. The molecule has 1 heterocycles. The van der Waals surface area contributed by atoms with E-state index in [1.807, 2.05) is 89.8 Å². The van der Waals surface area contributed by atoms with Crippen LogP contribution in [0.4, 0.5) is 0 Å². The molecule has 0 radical (unpaired) electrons. The first kappa shape index (κ1) is 23.0. The monoisotopic (exact) mass is 444 g/mol. The van der Waals surface area contributed by atoms with Crippen molar-refractivity contribution in [1.82, 2.24) is 10.2 Å². The molecule has 1 aliphatic rings.